The lowest BCUT2D eigenvalue weighted by Gasteiger charge is -2.13. The third kappa shape index (κ3) is 4.47. The Morgan fingerprint density at radius 1 is 1.00 bits per heavy atom. The normalized spacial score (nSPS) is 14.8. The predicted molar refractivity (Wildman–Crippen MR) is 126 cm³/mol. The zero-order chi connectivity index (χ0) is 23.8. The molecule has 0 saturated heterocycles. The van der Waals surface area contributed by atoms with E-state index < -0.39 is 16.0 Å². The van der Waals surface area contributed by atoms with Gasteiger partial charge in [-0.25, -0.2) is 0 Å². The molecule has 0 radical (unpaired) electrons. The van der Waals surface area contributed by atoms with Crippen LogP contribution in [-0.2, 0) is 14.9 Å². The summed E-state index contributed by atoms with van der Waals surface area (Å²) in [6.45, 7) is 3.92. The Labute approximate surface area is 190 Å². The summed E-state index contributed by atoms with van der Waals surface area (Å²) in [5.41, 5.74) is 6.34. The van der Waals surface area contributed by atoms with Crippen molar-refractivity contribution in [1.29, 1.82) is 0 Å². The second-order valence-electron chi connectivity index (χ2n) is 7.44. The number of aryl methyl sites for hydroxylation is 2. The Balaban J connectivity index is 1.58. The van der Waals surface area contributed by atoms with E-state index in [2.05, 4.69) is 15.6 Å². The molecular weight excluding hydrogens is 444 g/mol. The molecule has 1 aliphatic heterocycles. The highest BCUT2D eigenvalue weighted by atomic mass is 32.2. The smallest absolute Gasteiger partial charge is 0.300 e. The number of nitrogens with one attached hydrogen (secondary N) is 1. The lowest BCUT2D eigenvalue weighted by atomic mass is 10.0. The fourth-order valence-corrected chi connectivity index (χ4v) is 3.78. The summed E-state index contributed by atoms with van der Waals surface area (Å²) >= 11 is 0. The van der Waals surface area contributed by atoms with Crippen molar-refractivity contribution in [3.8, 4) is 16.9 Å². The Morgan fingerprint density at radius 2 is 1.76 bits per heavy atom. The molecule has 0 fully saturated rings. The first kappa shape index (κ1) is 22.2. The number of para-hydroxylation sites is 1. The van der Waals surface area contributed by atoms with Crippen molar-refractivity contribution in [2.24, 2.45) is 10.2 Å². The summed E-state index contributed by atoms with van der Waals surface area (Å²) < 4.78 is 32.1. The van der Waals surface area contributed by atoms with E-state index in [4.69, 9.17) is 0 Å². The molecule has 168 valence electrons. The molecule has 1 amide bonds. The molecule has 0 aliphatic carbocycles. The van der Waals surface area contributed by atoms with Gasteiger partial charge in [-0.3, -0.25) is 14.8 Å². The van der Waals surface area contributed by atoms with Gasteiger partial charge in [0.1, 0.15) is 5.75 Å². The fraction of sp³-hybridized carbons (Fsp3) is 0.0870. The van der Waals surface area contributed by atoms with Gasteiger partial charge in [0, 0.05) is 5.56 Å². The van der Waals surface area contributed by atoms with E-state index in [1.165, 1.54) is 29.4 Å². The maximum Gasteiger partial charge on any atom is 0.300 e. The maximum atomic E-state index is 12.7. The van der Waals surface area contributed by atoms with E-state index in [-0.39, 0.29) is 22.0 Å². The van der Waals surface area contributed by atoms with Crippen LogP contribution in [0.3, 0.4) is 0 Å². The number of rotatable bonds is 5. The van der Waals surface area contributed by atoms with Crippen LogP contribution in [0.4, 0.5) is 11.4 Å². The minimum Gasteiger partial charge on any atom is -0.505 e. The molecule has 3 N–H and O–H groups in total. The minimum absolute atomic E-state index is 0.0476. The van der Waals surface area contributed by atoms with Crippen LogP contribution >= 0.6 is 0 Å². The molecule has 0 spiro atoms. The summed E-state index contributed by atoms with van der Waals surface area (Å²) in [7, 11) is -4.39. The average Bonchev–Trinajstić information content (AvgIpc) is 3.15. The largest absolute Gasteiger partial charge is 0.505 e. The van der Waals surface area contributed by atoms with Crippen LogP contribution in [-0.4, -0.2) is 35.9 Å². The third-order valence-corrected chi connectivity index (χ3v) is 6.07. The molecular formula is C23H20N4O5S. The molecule has 0 bridgehead atoms. The number of phenolic OH excluding ortho intramolecular Hbond substituents is 1. The number of aromatic hydroxyl groups is 1. The molecule has 0 aromatic heterocycles. The van der Waals surface area contributed by atoms with Gasteiger partial charge in [-0.2, -0.15) is 23.6 Å². The molecule has 3 aromatic carbocycles. The van der Waals surface area contributed by atoms with Gasteiger partial charge in [0.25, 0.3) is 10.1 Å². The third-order valence-electron chi connectivity index (χ3n) is 5.22. The van der Waals surface area contributed by atoms with Crippen molar-refractivity contribution in [3.05, 3.63) is 71.8 Å². The van der Waals surface area contributed by atoms with E-state index >= 15 is 0 Å². The lowest BCUT2D eigenvalue weighted by molar-refractivity contribution is -0.112. The van der Waals surface area contributed by atoms with Gasteiger partial charge in [-0.1, -0.05) is 30.3 Å². The van der Waals surface area contributed by atoms with Crippen molar-refractivity contribution in [1.82, 2.24) is 0 Å². The summed E-state index contributed by atoms with van der Waals surface area (Å²) in [4.78, 5) is 12.4. The van der Waals surface area contributed by atoms with E-state index in [0.717, 1.165) is 11.1 Å². The van der Waals surface area contributed by atoms with Crippen molar-refractivity contribution in [2.75, 3.05) is 10.4 Å². The zero-order valence-corrected chi connectivity index (χ0v) is 18.5. The zero-order valence-electron chi connectivity index (χ0n) is 17.7. The molecule has 0 unspecified atom stereocenters. The number of carbonyl (C=O) groups is 1. The van der Waals surface area contributed by atoms with Crippen molar-refractivity contribution in [2.45, 2.75) is 18.7 Å². The minimum atomic E-state index is -4.39. The van der Waals surface area contributed by atoms with Crippen molar-refractivity contribution in [3.63, 3.8) is 0 Å². The number of carbonyl (C=O) groups excluding carboxylic acids is 1. The predicted octanol–water partition coefficient (Wildman–Crippen LogP) is 3.72. The van der Waals surface area contributed by atoms with Crippen molar-refractivity contribution >= 4 is 39.3 Å². The standard InChI is InChI=1S/C23H20N4O5S/c1-14-9-10-17(11-15(14)2)27-23(29)21(13-24-27)26-25-20-8-4-7-19(22(20)28)16-5-3-6-18(12-16)33(30,31)32/h3-13,25,28H,1-2H3,(H,30,31,32)/b26-21-. The highest BCUT2D eigenvalue weighted by molar-refractivity contribution is 7.85. The number of benzene rings is 3. The van der Waals surface area contributed by atoms with E-state index in [9.17, 15) is 22.9 Å². The van der Waals surface area contributed by atoms with Gasteiger partial charge in [0.05, 0.1) is 22.5 Å². The maximum absolute atomic E-state index is 12.7. The number of hydrazone groups is 2. The molecule has 33 heavy (non-hydrogen) atoms. The molecule has 1 aliphatic rings. The number of hydrogen-bond donors (Lipinski definition) is 3. The van der Waals surface area contributed by atoms with Crippen LogP contribution in [0.15, 0.2) is 75.8 Å². The molecule has 0 saturated carbocycles. The first-order valence-corrected chi connectivity index (χ1v) is 11.3. The quantitative estimate of drug-likeness (QED) is 0.300. The van der Waals surface area contributed by atoms with Crippen LogP contribution in [0, 0.1) is 13.8 Å². The molecule has 4 rings (SSSR count). The first-order chi connectivity index (χ1) is 15.6. The van der Waals surface area contributed by atoms with Gasteiger partial charge in [0.15, 0.2) is 5.71 Å². The first-order valence-electron chi connectivity index (χ1n) is 9.84. The summed E-state index contributed by atoms with van der Waals surface area (Å²) in [5.74, 6) is -0.634. The van der Waals surface area contributed by atoms with Crippen LogP contribution in [0.25, 0.3) is 11.1 Å². The number of amides is 1. The van der Waals surface area contributed by atoms with Crippen LogP contribution in [0.5, 0.6) is 5.75 Å². The SMILES string of the molecule is Cc1ccc(N2N=C/C(=N/Nc3cccc(-c4cccc(S(=O)(=O)O)c4)c3O)C2=O)cc1C. The monoisotopic (exact) mass is 464 g/mol. The molecule has 3 aromatic rings. The van der Waals surface area contributed by atoms with Gasteiger partial charge in [0.2, 0.25) is 0 Å². The number of phenols is 1. The summed E-state index contributed by atoms with van der Waals surface area (Å²) in [5, 5.41) is 20.1. The lowest BCUT2D eigenvalue weighted by Crippen LogP contribution is -2.26. The highest BCUT2D eigenvalue weighted by Crippen LogP contribution is 2.36. The molecule has 1 heterocycles. The van der Waals surface area contributed by atoms with Gasteiger partial charge in [-0.05, 0) is 60.9 Å². The van der Waals surface area contributed by atoms with Gasteiger partial charge in [-0.15, -0.1) is 0 Å². The Hall–Kier alpha value is -4.02. The number of anilines is 2. The van der Waals surface area contributed by atoms with Gasteiger partial charge >= 0.3 is 5.91 Å². The topological polar surface area (TPSA) is 132 Å². The number of nitrogens with zero attached hydrogens (tertiary/aromatic N) is 3. The van der Waals surface area contributed by atoms with Crippen molar-refractivity contribution < 1.29 is 22.9 Å². The van der Waals surface area contributed by atoms with Crippen LogP contribution in [0.1, 0.15) is 11.1 Å². The van der Waals surface area contributed by atoms with Gasteiger partial charge < -0.3 is 5.11 Å². The number of hydrogen-bond acceptors (Lipinski definition) is 7. The Bertz CT molecular complexity index is 1430. The summed E-state index contributed by atoms with van der Waals surface area (Å²) in [6.07, 6.45) is 1.32. The Morgan fingerprint density at radius 3 is 2.48 bits per heavy atom. The average molecular weight is 465 g/mol. The fourth-order valence-electron chi connectivity index (χ4n) is 3.26. The molecule has 10 heteroatoms. The molecule has 9 nitrogen and oxygen atoms in total. The van der Waals surface area contributed by atoms with E-state index in [1.54, 1.807) is 30.3 Å². The van der Waals surface area contributed by atoms with Crippen LogP contribution < -0.4 is 10.4 Å². The molecule has 0 atom stereocenters. The van der Waals surface area contributed by atoms with Crippen LogP contribution in [0.2, 0.25) is 0 Å². The van der Waals surface area contributed by atoms with E-state index in [0.29, 0.717) is 16.8 Å². The highest BCUT2D eigenvalue weighted by Gasteiger charge is 2.26. The summed E-state index contributed by atoms with van der Waals surface area (Å²) in [6, 6.07) is 15.9. The Kier molecular flexibility index (Phi) is 5.71. The second-order valence-corrected chi connectivity index (χ2v) is 8.87. The second kappa shape index (κ2) is 8.49. The van der Waals surface area contributed by atoms with E-state index in [1.807, 2.05) is 26.0 Å².